The lowest BCUT2D eigenvalue weighted by atomic mass is 10.0. The number of allylic oxidation sites excluding steroid dienone is 16. The molecule has 0 aromatic carbocycles. The van der Waals surface area contributed by atoms with Crippen LogP contribution in [0.3, 0.4) is 0 Å². The summed E-state index contributed by atoms with van der Waals surface area (Å²) >= 11 is 0. The molecule has 0 radical (unpaired) electrons. The highest BCUT2D eigenvalue weighted by Gasteiger charge is 2.22. The topological polar surface area (TPSA) is 111 Å². The van der Waals surface area contributed by atoms with Crippen molar-refractivity contribution in [1.82, 2.24) is 0 Å². The van der Waals surface area contributed by atoms with Gasteiger partial charge in [0, 0.05) is 12.8 Å². The Morgan fingerprint density at radius 1 is 0.390 bits per heavy atom. The second kappa shape index (κ2) is 62.5. The third kappa shape index (κ3) is 66.1. The second-order valence-electron chi connectivity index (χ2n) is 23.8. The maximum absolute atomic E-state index is 12.9. The van der Waals surface area contributed by atoms with Crippen LogP contribution in [0.25, 0.3) is 0 Å². The Bertz CT molecular complexity index is 1710. The molecule has 0 aromatic heterocycles. The molecule has 0 N–H and O–H groups in total. The molecule has 82 heavy (non-hydrogen) atoms. The molecule has 0 fully saturated rings. The molecule has 0 spiro atoms. The van der Waals surface area contributed by atoms with Gasteiger partial charge in [-0.25, -0.2) is 0 Å². The van der Waals surface area contributed by atoms with Gasteiger partial charge in [0.15, 0.2) is 6.10 Å². The van der Waals surface area contributed by atoms with E-state index in [1.165, 1.54) is 173 Å². The van der Waals surface area contributed by atoms with E-state index in [1.54, 1.807) is 0 Å². The molecule has 0 heterocycles. The van der Waals surface area contributed by atoms with Crippen LogP contribution in [0.5, 0.6) is 0 Å². The Morgan fingerprint density at radius 3 is 1.04 bits per heavy atom. The molecule has 10 heteroatoms. The SMILES string of the molecule is CC/C=C\C/C=C\C/C=C\C/C=C\C/C=C\CCCCCCCCCCCCCC(=O)OC(COC(=O)CCCCCCCCCCCCCCCCCC/C=C\C/C=C\C/C=C\CCCCCCC)COP(=O)([O-])OCC[N+](C)(C)C. The van der Waals surface area contributed by atoms with Gasteiger partial charge in [0.05, 0.1) is 27.7 Å². The number of hydrogen-bond acceptors (Lipinski definition) is 8. The molecule has 0 aliphatic rings. The van der Waals surface area contributed by atoms with Crippen LogP contribution in [0.15, 0.2) is 97.2 Å². The summed E-state index contributed by atoms with van der Waals surface area (Å²) in [6.07, 6.45) is 86.2. The average Bonchev–Trinajstić information content (AvgIpc) is 3.46. The van der Waals surface area contributed by atoms with E-state index in [4.69, 9.17) is 18.5 Å². The van der Waals surface area contributed by atoms with Crippen molar-refractivity contribution < 1.29 is 42.1 Å². The van der Waals surface area contributed by atoms with Crippen LogP contribution in [0.2, 0.25) is 0 Å². The number of carbonyl (C=O) groups excluding carboxylic acids is 2. The number of hydrogen-bond donors (Lipinski definition) is 0. The number of phosphoric ester groups is 1. The largest absolute Gasteiger partial charge is 0.756 e. The Labute approximate surface area is 506 Å². The van der Waals surface area contributed by atoms with E-state index < -0.39 is 26.5 Å². The zero-order chi connectivity index (χ0) is 59.8. The molecule has 9 nitrogen and oxygen atoms in total. The molecule has 0 bridgehead atoms. The van der Waals surface area contributed by atoms with Crippen molar-refractivity contribution in [3.8, 4) is 0 Å². The van der Waals surface area contributed by atoms with Crippen LogP contribution in [0, 0.1) is 0 Å². The zero-order valence-electron chi connectivity index (χ0n) is 53.9. The van der Waals surface area contributed by atoms with E-state index in [2.05, 4.69) is 111 Å². The first kappa shape index (κ1) is 78.9. The smallest absolute Gasteiger partial charge is 0.306 e. The number of phosphoric acid groups is 1. The highest BCUT2D eigenvalue weighted by atomic mass is 31.2. The maximum Gasteiger partial charge on any atom is 0.306 e. The molecular weight excluding hydrogens is 1040 g/mol. The first-order valence-electron chi connectivity index (χ1n) is 33.9. The van der Waals surface area contributed by atoms with Crippen LogP contribution in [0.1, 0.15) is 296 Å². The summed E-state index contributed by atoms with van der Waals surface area (Å²) in [5, 5.41) is 0. The minimum Gasteiger partial charge on any atom is -0.756 e. The van der Waals surface area contributed by atoms with Crippen LogP contribution >= 0.6 is 7.82 Å². The molecule has 0 rings (SSSR count). The lowest BCUT2D eigenvalue weighted by Crippen LogP contribution is -2.37. The van der Waals surface area contributed by atoms with Gasteiger partial charge < -0.3 is 27.9 Å². The molecule has 0 aliphatic carbocycles. The second-order valence-corrected chi connectivity index (χ2v) is 25.2. The van der Waals surface area contributed by atoms with Gasteiger partial charge in [-0.1, -0.05) is 284 Å². The highest BCUT2D eigenvalue weighted by molar-refractivity contribution is 7.45. The Balaban J connectivity index is 4.07. The number of likely N-dealkylation sites (N-methyl/N-ethyl adjacent to an activating group) is 1. The number of rotatable bonds is 62. The molecule has 0 aromatic rings. The molecule has 0 saturated heterocycles. The number of nitrogens with zero attached hydrogens (tertiary/aromatic N) is 1. The number of carbonyl (C=O) groups is 2. The fourth-order valence-corrected chi connectivity index (χ4v) is 10.1. The van der Waals surface area contributed by atoms with Crippen LogP contribution in [0.4, 0.5) is 0 Å². The van der Waals surface area contributed by atoms with E-state index >= 15 is 0 Å². The average molecular weight is 1170 g/mol. The van der Waals surface area contributed by atoms with Gasteiger partial charge in [-0.15, -0.1) is 0 Å². The Morgan fingerprint density at radius 2 is 0.695 bits per heavy atom. The third-order valence-electron chi connectivity index (χ3n) is 14.6. The standard InChI is InChI=1S/C72H128NO8P/c1-6-8-10-12-14-16-18-20-22-24-26-28-30-32-34-35-36-37-39-40-42-44-46-48-50-52-54-56-58-60-62-64-71(74)78-68-70(69-80-82(76,77)79-67-66-73(3,4)5)81-72(75)65-63-61-59-57-55-53-51-49-47-45-43-41-38-33-31-29-27-25-23-21-19-17-15-13-11-9-7-2/h9,11,15,17-18,20-21,23-24,26-27,29-30,32-33,38,70H,6-8,10,12-14,16,19,22,25,28,31,34-37,39-69H2,1-5H3/b11-9-,17-15-,20-18-,23-21-,26-24-,29-27-,32-30-,38-33-. The third-order valence-corrected chi connectivity index (χ3v) is 15.6. The number of esters is 2. The van der Waals surface area contributed by atoms with E-state index in [9.17, 15) is 19.0 Å². The van der Waals surface area contributed by atoms with Crippen LogP contribution in [-0.2, 0) is 32.7 Å². The van der Waals surface area contributed by atoms with Crippen LogP contribution in [-0.4, -0.2) is 70.0 Å². The predicted octanol–water partition coefficient (Wildman–Crippen LogP) is 21.3. The van der Waals surface area contributed by atoms with E-state index in [0.717, 1.165) is 89.9 Å². The normalized spacial score (nSPS) is 13.8. The molecular formula is C72H128NO8P. The minimum atomic E-state index is -4.65. The van der Waals surface area contributed by atoms with Gasteiger partial charge in [0.25, 0.3) is 7.82 Å². The summed E-state index contributed by atoms with van der Waals surface area (Å²) in [5.74, 6) is -0.832. The van der Waals surface area contributed by atoms with Gasteiger partial charge in [-0.05, 0) is 96.3 Å². The van der Waals surface area contributed by atoms with Crippen molar-refractivity contribution in [3.63, 3.8) is 0 Å². The van der Waals surface area contributed by atoms with Crippen molar-refractivity contribution in [2.75, 3.05) is 47.5 Å². The van der Waals surface area contributed by atoms with Crippen LogP contribution < -0.4 is 4.89 Å². The summed E-state index contributed by atoms with van der Waals surface area (Å²) in [7, 11) is 1.16. The minimum absolute atomic E-state index is 0.0344. The molecule has 0 amide bonds. The molecule has 2 atom stereocenters. The summed E-state index contributed by atoms with van der Waals surface area (Å²) in [5.41, 5.74) is 0. The van der Waals surface area contributed by atoms with Crippen molar-refractivity contribution in [3.05, 3.63) is 97.2 Å². The molecule has 0 saturated carbocycles. The molecule has 2 unspecified atom stereocenters. The fraction of sp³-hybridized carbons (Fsp3) is 0.750. The predicted molar refractivity (Wildman–Crippen MR) is 351 cm³/mol. The Hall–Kier alpha value is -3.07. The molecule has 474 valence electrons. The van der Waals surface area contributed by atoms with Crippen molar-refractivity contribution in [2.45, 2.75) is 302 Å². The number of ether oxygens (including phenoxy) is 2. The van der Waals surface area contributed by atoms with Crippen molar-refractivity contribution >= 4 is 19.8 Å². The lowest BCUT2D eigenvalue weighted by molar-refractivity contribution is -0.870. The summed E-state index contributed by atoms with van der Waals surface area (Å²) < 4.78 is 34.3. The van der Waals surface area contributed by atoms with Gasteiger partial charge in [0.1, 0.15) is 19.8 Å². The maximum atomic E-state index is 12.9. The highest BCUT2D eigenvalue weighted by Crippen LogP contribution is 2.38. The van der Waals surface area contributed by atoms with E-state index in [1.807, 2.05) is 21.1 Å². The summed E-state index contributed by atoms with van der Waals surface area (Å²) in [4.78, 5) is 38.0. The molecule has 0 aliphatic heterocycles. The van der Waals surface area contributed by atoms with Gasteiger partial charge in [-0.2, -0.15) is 0 Å². The first-order chi connectivity index (χ1) is 40.0. The Kier molecular flexibility index (Phi) is 60.1. The summed E-state index contributed by atoms with van der Waals surface area (Å²) in [6.45, 7) is 4.14. The van der Waals surface area contributed by atoms with Crippen molar-refractivity contribution in [1.29, 1.82) is 0 Å². The number of unbranched alkanes of at least 4 members (excludes halogenated alkanes) is 32. The quantitative estimate of drug-likeness (QED) is 0.0195. The number of quaternary nitrogens is 1. The zero-order valence-corrected chi connectivity index (χ0v) is 54.8. The monoisotopic (exact) mass is 1170 g/mol. The van der Waals surface area contributed by atoms with E-state index in [-0.39, 0.29) is 32.0 Å². The summed E-state index contributed by atoms with van der Waals surface area (Å²) in [6, 6.07) is 0. The van der Waals surface area contributed by atoms with Gasteiger partial charge >= 0.3 is 11.9 Å². The first-order valence-corrected chi connectivity index (χ1v) is 35.4. The van der Waals surface area contributed by atoms with Gasteiger partial charge in [0.2, 0.25) is 0 Å². The van der Waals surface area contributed by atoms with Gasteiger partial charge in [-0.3, -0.25) is 14.2 Å². The van der Waals surface area contributed by atoms with E-state index in [0.29, 0.717) is 17.4 Å². The fourth-order valence-electron chi connectivity index (χ4n) is 9.40. The van der Waals surface area contributed by atoms with Crippen molar-refractivity contribution in [2.24, 2.45) is 0 Å². The lowest BCUT2D eigenvalue weighted by Gasteiger charge is -2.28.